The summed E-state index contributed by atoms with van der Waals surface area (Å²) >= 11 is 2.98. The van der Waals surface area contributed by atoms with Gasteiger partial charge >= 0.3 is 0 Å². The van der Waals surface area contributed by atoms with Crippen LogP contribution < -0.4 is 20.1 Å². The Bertz CT molecular complexity index is 943. The molecule has 0 aliphatic carbocycles. The van der Waals surface area contributed by atoms with Crippen LogP contribution in [-0.2, 0) is 0 Å². The molecule has 0 atom stereocenters. The van der Waals surface area contributed by atoms with Crippen LogP contribution in [0.2, 0.25) is 0 Å². The van der Waals surface area contributed by atoms with E-state index < -0.39 is 0 Å². The van der Waals surface area contributed by atoms with Gasteiger partial charge in [-0.15, -0.1) is 23.1 Å². The molecule has 1 heterocycles. The summed E-state index contributed by atoms with van der Waals surface area (Å²) in [7, 11) is 3.17. The number of thiazole rings is 1. The number of benzene rings is 2. The monoisotopic (exact) mass is 401 g/mol. The summed E-state index contributed by atoms with van der Waals surface area (Å²) in [6.07, 6.45) is 1.99. The highest BCUT2D eigenvalue weighted by Gasteiger charge is 2.12. The first-order valence-electron chi connectivity index (χ1n) is 8.03. The molecule has 0 unspecified atom stereocenters. The number of hydrogen-bond acceptors (Lipinski definition) is 7. The number of methoxy groups -OCH3 is 2. The molecular formula is C19H19N3O3S2. The quantitative estimate of drug-likeness (QED) is 0.550. The van der Waals surface area contributed by atoms with E-state index in [0.717, 1.165) is 16.3 Å². The number of nitrogens with zero attached hydrogens (tertiary/aromatic N) is 1. The highest BCUT2D eigenvalue weighted by molar-refractivity contribution is 7.98. The Labute approximate surface area is 165 Å². The van der Waals surface area contributed by atoms with Crippen molar-refractivity contribution >= 4 is 45.5 Å². The molecule has 0 fully saturated rings. The van der Waals surface area contributed by atoms with Crippen molar-refractivity contribution < 1.29 is 14.3 Å². The fourth-order valence-electron chi connectivity index (χ4n) is 2.37. The molecule has 3 aromatic rings. The van der Waals surface area contributed by atoms with Gasteiger partial charge in [0, 0.05) is 27.7 Å². The number of ether oxygens (including phenoxy) is 2. The van der Waals surface area contributed by atoms with Crippen molar-refractivity contribution in [3.05, 3.63) is 53.5 Å². The van der Waals surface area contributed by atoms with E-state index in [1.54, 1.807) is 37.4 Å². The maximum absolute atomic E-state index is 12.4. The molecule has 0 saturated heterocycles. The normalized spacial score (nSPS) is 10.3. The van der Waals surface area contributed by atoms with E-state index in [0.29, 0.717) is 22.3 Å². The van der Waals surface area contributed by atoms with Crippen LogP contribution in [0.15, 0.2) is 52.7 Å². The molecule has 3 rings (SSSR count). The number of anilines is 3. The molecule has 6 nitrogen and oxygen atoms in total. The van der Waals surface area contributed by atoms with Crippen LogP contribution in [-0.4, -0.2) is 31.4 Å². The Morgan fingerprint density at radius 3 is 2.63 bits per heavy atom. The summed E-state index contributed by atoms with van der Waals surface area (Å²) in [5.74, 6) is 1.02. The molecule has 8 heteroatoms. The highest BCUT2D eigenvalue weighted by Crippen LogP contribution is 2.31. The van der Waals surface area contributed by atoms with Gasteiger partial charge in [-0.3, -0.25) is 4.79 Å². The first-order chi connectivity index (χ1) is 13.1. The summed E-state index contributed by atoms with van der Waals surface area (Å²) in [6.45, 7) is 0. The van der Waals surface area contributed by atoms with Crippen molar-refractivity contribution in [1.29, 1.82) is 0 Å². The summed E-state index contributed by atoms with van der Waals surface area (Å²) in [6, 6.07) is 13.2. The zero-order valence-electron chi connectivity index (χ0n) is 15.1. The smallest absolute Gasteiger partial charge is 0.275 e. The number of aromatic nitrogens is 1. The lowest BCUT2D eigenvalue weighted by Crippen LogP contribution is -2.12. The third-order valence-electron chi connectivity index (χ3n) is 3.70. The number of hydrogen-bond donors (Lipinski definition) is 2. The third kappa shape index (κ3) is 4.72. The predicted molar refractivity (Wildman–Crippen MR) is 111 cm³/mol. The average molecular weight is 402 g/mol. The van der Waals surface area contributed by atoms with Gasteiger partial charge in [0.15, 0.2) is 16.6 Å². The fraction of sp³-hybridized carbons (Fsp3) is 0.158. The topological polar surface area (TPSA) is 72.5 Å². The SMILES string of the molecule is COc1ccc(Nc2nc(C(=O)Nc3cccc(SC)c3)cs2)cc1OC. The molecule has 0 aliphatic rings. The average Bonchev–Trinajstić information content (AvgIpc) is 3.16. The van der Waals surface area contributed by atoms with Gasteiger partial charge in [-0.1, -0.05) is 6.07 Å². The van der Waals surface area contributed by atoms with Crippen molar-refractivity contribution in [2.75, 3.05) is 31.1 Å². The van der Waals surface area contributed by atoms with Crippen molar-refractivity contribution in [3.8, 4) is 11.5 Å². The van der Waals surface area contributed by atoms with E-state index in [1.807, 2.05) is 42.7 Å². The molecule has 0 aliphatic heterocycles. The lowest BCUT2D eigenvalue weighted by molar-refractivity contribution is 0.102. The highest BCUT2D eigenvalue weighted by atomic mass is 32.2. The van der Waals surface area contributed by atoms with E-state index in [2.05, 4.69) is 15.6 Å². The first kappa shape index (κ1) is 19.1. The zero-order chi connectivity index (χ0) is 19.2. The Morgan fingerprint density at radius 1 is 1.07 bits per heavy atom. The summed E-state index contributed by atoms with van der Waals surface area (Å²) in [4.78, 5) is 17.9. The minimum Gasteiger partial charge on any atom is -0.493 e. The van der Waals surface area contributed by atoms with Crippen LogP contribution in [0.25, 0.3) is 0 Å². The zero-order valence-corrected chi connectivity index (χ0v) is 16.7. The van der Waals surface area contributed by atoms with Gasteiger partial charge in [-0.2, -0.15) is 0 Å². The second-order valence-corrected chi connectivity index (χ2v) is 7.16. The summed E-state index contributed by atoms with van der Waals surface area (Å²) < 4.78 is 10.5. The maximum Gasteiger partial charge on any atom is 0.275 e. The molecule has 0 bridgehead atoms. The van der Waals surface area contributed by atoms with E-state index in [9.17, 15) is 4.79 Å². The lowest BCUT2D eigenvalue weighted by Gasteiger charge is -2.09. The van der Waals surface area contributed by atoms with Crippen molar-refractivity contribution in [2.45, 2.75) is 4.90 Å². The van der Waals surface area contributed by atoms with Gasteiger partial charge in [-0.25, -0.2) is 4.98 Å². The van der Waals surface area contributed by atoms with Crippen LogP contribution in [0.4, 0.5) is 16.5 Å². The van der Waals surface area contributed by atoms with E-state index in [1.165, 1.54) is 11.3 Å². The standard InChI is InChI=1S/C19H19N3O3S2/c1-24-16-8-7-13(10-17(16)25-2)21-19-22-15(11-27-19)18(23)20-12-5-4-6-14(9-12)26-3/h4-11H,1-3H3,(H,20,23)(H,21,22). The molecule has 1 aromatic heterocycles. The number of nitrogens with one attached hydrogen (secondary N) is 2. The molecule has 140 valence electrons. The molecule has 27 heavy (non-hydrogen) atoms. The fourth-order valence-corrected chi connectivity index (χ4v) is 3.54. The summed E-state index contributed by atoms with van der Waals surface area (Å²) in [5.41, 5.74) is 1.90. The second kappa shape index (κ2) is 8.79. The van der Waals surface area contributed by atoms with Gasteiger partial charge in [-0.05, 0) is 36.6 Å². The van der Waals surface area contributed by atoms with E-state index in [4.69, 9.17) is 9.47 Å². The van der Waals surface area contributed by atoms with E-state index >= 15 is 0 Å². The van der Waals surface area contributed by atoms with E-state index in [-0.39, 0.29) is 5.91 Å². The van der Waals surface area contributed by atoms with Crippen molar-refractivity contribution in [3.63, 3.8) is 0 Å². The van der Waals surface area contributed by atoms with Gasteiger partial charge in [0.2, 0.25) is 0 Å². The number of amides is 1. The molecule has 2 aromatic carbocycles. The van der Waals surface area contributed by atoms with Gasteiger partial charge < -0.3 is 20.1 Å². The third-order valence-corrected chi connectivity index (χ3v) is 5.18. The van der Waals surface area contributed by atoms with Crippen molar-refractivity contribution in [2.24, 2.45) is 0 Å². The van der Waals surface area contributed by atoms with Gasteiger partial charge in [0.05, 0.1) is 14.2 Å². The Hall–Kier alpha value is -2.71. The second-order valence-electron chi connectivity index (χ2n) is 5.42. The molecule has 0 radical (unpaired) electrons. The van der Waals surface area contributed by atoms with Crippen LogP contribution in [0.5, 0.6) is 11.5 Å². The number of carbonyl (C=O) groups excluding carboxylic acids is 1. The lowest BCUT2D eigenvalue weighted by atomic mass is 10.3. The van der Waals surface area contributed by atoms with Crippen LogP contribution in [0, 0.1) is 0 Å². The number of thioether (sulfide) groups is 1. The Kier molecular flexibility index (Phi) is 6.20. The first-order valence-corrected chi connectivity index (χ1v) is 10.1. The molecule has 0 saturated carbocycles. The van der Waals surface area contributed by atoms with Gasteiger partial charge in [0.1, 0.15) is 5.69 Å². The molecule has 1 amide bonds. The number of rotatable bonds is 7. The molecule has 0 spiro atoms. The van der Waals surface area contributed by atoms with Crippen LogP contribution in [0.1, 0.15) is 10.5 Å². The summed E-state index contributed by atoms with van der Waals surface area (Å²) in [5, 5.41) is 8.38. The molecule has 2 N–H and O–H groups in total. The Morgan fingerprint density at radius 2 is 1.89 bits per heavy atom. The minimum atomic E-state index is -0.245. The minimum absolute atomic E-state index is 0.245. The maximum atomic E-state index is 12.4. The molecular weight excluding hydrogens is 382 g/mol. The Balaban J connectivity index is 1.70. The largest absolute Gasteiger partial charge is 0.493 e. The van der Waals surface area contributed by atoms with Crippen LogP contribution >= 0.6 is 23.1 Å². The van der Waals surface area contributed by atoms with Gasteiger partial charge in [0.25, 0.3) is 5.91 Å². The van der Waals surface area contributed by atoms with Crippen molar-refractivity contribution in [1.82, 2.24) is 4.98 Å². The predicted octanol–water partition coefficient (Wildman–Crippen LogP) is 4.88. The van der Waals surface area contributed by atoms with Crippen LogP contribution in [0.3, 0.4) is 0 Å². The number of carbonyl (C=O) groups is 1.